The van der Waals surface area contributed by atoms with Gasteiger partial charge in [0.1, 0.15) is 5.56 Å². The van der Waals surface area contributed by atoms with Crippen molar-refractivity contribution in [1.29, 1.82) is 0 Å². The third-order valence-corrected chi connectivity index (χ3v) is 4.42. The highest BCUT2D eigenvalue weighted by atomic mass is 16.5. The normalized spacial score (nSPS) is 15.4. The van der Waals surface area contributed by atoms with E-state index in [9.17, 15) is 14.7 Å². The summed E-state index contributed by atoms with van der Waals surface area (Å²) in [5.41, 5.74) is 1.76. The van der Waals surface area contributed by atoms with Crippen LogP contribution in [-0.4, -0.2) is 38.9 Å². The SMILES string of the molecule is CCOC(=O)c1cnn2c(=O)c(CCO)c(C3CCCC3)[nH]c12. The van der Waals surface area contributed by atoms with Crippen LogP contribution in [0.25, 0.3) is 5.65 Å². The van der Waals surface area contributed by atoms with Gasteiger partial charge < -0.3 is 14.8 Å². The number of rotatable bonds is 5. The number of hydrogen-bond acceptors (Lipinski definition) is 5. The third-order valence-electron chi connectivity index (χ3n) is 4.42. The largest absolute Gasteiger partial charge is 0.462 e. The molecule has 1 saturated carbocycles. The third kappa shape index (κ3) is 2.76. The second-order valence-corrected chi connectivity index (χ2v) is 5.82. The summed E-state index contributed by atoms with van der Waals surface area (Å²) in [7, 11) is 0. The molecule has 1 aliphatic rings. The van der Waals surface area contributed by atoms with Gasteiger partial charge in [-0.25, -0.2) is 4.79 Å². The first kappa shape index (κ1) is 15.7. The number of aliphatic hydroxyl groups excluding tert-OH is 1. The summed E-state index contributed by atoms with van der Waals surface area (Å²) in [4.78, 5) is 28.0. The van der Waals surface area contributed by atoms with Crippen LogP contribution in [0.5, 0.6) is 0 Å². The van der Waals surface area contributed by atoms with E-state index in [1.54, 1.807) is 6.92 Å². The standard InChI is InChI=1S/C16H21N3O4/c1-2-23-16(22)12-9-17-19-14(12)18-13(10-5-3-4-6-10)11(7-8-20)15(19)21/h9-10,18,20H,2-8H2,1H3. The molecule has 7 heteroatoms. The Labute approximate surface area is 133 Å². The second-order valence-electron chi connectivity index (χ2n) is 5.82. The van der Waals surface area contributed by atoms with E-state index in [0.29, 0.717) is 11.2 Å². The molecule has 3 rings (SSSR count). The van der Waals surface area contributed by atoms with E-state index in [1.807, 2.05) is 0 Å². The van der Waals surface area contributed by atoms with E-state index in [2.05, 4.69) is 10.1 Å². The van der Waals surface area contributed by atoms with Crippen LogP contribution in [0.1, 0.15) is 60.1 Å². The molecule has 0 atom stereocenters. The Hall–Kier alpha value is -2.15. The summed E-state index contributed by atoms with van der Waals surface area (Å²) in [6, 6.07) is 0. The Morgan fingerprint density at radius 2 is 2.22 bits per heavy atom. The van der Waals surface area contributed by atoms with Crippen LogP contribution in [0.15, 0.2) is 11.0 Å². The van der Waals surface area contributed by atoms with E-state index in [0.717, 1.165) is 31.4 Å². The van der Waals surface area contributed by atoms with Gasteiger partial charge in [-0.2, -0.15) is 9.61 Å². The molecule has 0 unspecified atom stereocenters. The fourth-order valence-electron chi connectivity index (χ4n) is 3.34. The van der Waals surface area contributed by atoms with Gasteiger partial charge >= 0.3 is 5.97 Å². The highest BCUT2D eigenvalue weighted by Gasteiger charge is 2.25. The highest BCUT2D eigenvalue weighted by Crippen LogP contribution is 2.34. The Kier molecular flexibility index (Phi) is 4.47. The molecule has 2 N–H and O–H groups in total. The van der Waals surface area contributed by atoms with E-state index in [4.69, 9.17) is 4.74 Å². The number of carbonyl (C=O) groups excluding carboxylic acids is 1. The van der Waals surface area contributed by atoms with Crippen molar-refractivity contribution < 1.29 is 14.6 Å². The average molecular weight is 319 g/mol. The van der Waals surface area contributed by atoms with Crippen LogP contribution in [0.4, 0.5) is 0 Å². The molecule has 0 aliphatic heterocycles. The maximum Gasteiger partial charge on any atom is 0.343 e. The lowest BCUT2D eigenvalue weighted by atomic mass is 9.98. The number of aromatic amines is 1. The summed E-state index contributed by atoms with van der Waals surface area (Å²) >= 11 is 0. The van der Waals surface area contributed by atoms with Gasteiger partial charge in [-0.1, -0.05) is 12.8 Å². The molecule has 23 heavy (non-hydrogen) atoms. The molecule has 2 aromatic heterocycles. The van der Waals surface area contributed by atoms with E-state index >= 15 is 0 Å². The number of ether oxygens (including phenoxy) is 1. The quantitative estimate of drug-likeness (QED) is 0.812. The molecule has 2 aromatic rings. The molecule has 124 valence electrons. The topological polar surface area (TPSA) is 96.7 Å². The van der Waals surface area contributed by atoms with E-state index in [-0.39, 0.29) is 36.7 Å². The van der Waals surface area contributed by atoms with Crippen LogP contribution < -0.4 is 5.56 Å². The second kappa shape index (κ2) is 6.54. The molecule has 0 bridgehead atoms. The molecule has 0 saturated heterocycles. The van der Waals surface area contributed by atoms with Crippen molar-refractivity contribution in [2.45, 2.75) is 44.9 Å². The van der Waals surface area contributed by atoms with Crippen molar-refractivity contribution in [1.82, 2.24) is 14.6 Å². The van der Waals surface area contributed by atoms with Crippen molar-refractivity contribution >= 4 is 11.6 Å². The number of esters is 1. The van der Waals surface area contributed by atoms with Crippen molar-refractivity contribution in [3.63, 3.8) is 0 Å². The van der Waals surface area contributed by atoms with Crippen LogP contribution in [0.2, 0.25) is 0 Å². The van der Waals surface area contributed by atoms with Gasteiger partial charge in [0.25, 0.3) is 5.56 Å². The number of aliphatic hydroxyl groups is 1. The monoisotopic (exact) mass is 319 g/mol. The minimum Gasteiger partial charge on any atom is -0.462 e. The van der Waals surface area contributed by atoms with Gasteiger partial charge in [0.05, 0.1) is 12.8 Å². The predicted octanol–water partition coefficient (Wildman–Crippen LogP) is 1.39. The molecule has 1 aliphatic carbocycles. The molecule has 0 amide bonds. The first-order valence-corrected chi connectivity index (χ1v) is 8.08. The van der Waals surface area contributed by atoms with Gasteiger partial charge in [-0.15, -0.1) is 0 Å². The van der Waals surface area contributed by atoms with Gasteiger partial charge in [-0.05, 0) is 25.7 Å². The number of nitrogens with zero attached hydrogens (tertiary/aromatic N) is 2. The van der Waals surface area contributed by atoms with Gasteiger partial charge in [0.15, 0.2) is 5.65 Å². The first-order chi connectivity index (χ1) is 11.2. The molecular formula is C16H21N3O4. The number of carbonyl (C=O) groups is 1. The molecular weight excluding hydrogens is 298 g/mol. The zero-order valence-corrected chi connectivity index (χ0v) is 13.2. The minimum absolute atomic E-state index is 0.0969. The van der Waals surface area contributed by atoms with Crippen LogP contribution >= 0.6 is 0 Å². The van der Waals surface area contributed by atoms with Gasteiger partial charge in [-0.3, -0.25) is 4.79 Å². The zero-order valence-electron chi connectivity index (χ0n) is 13.2. The molecule has 0 aromatic carbocycles. The summed E-state index contributed by atoms with van der Waals surface area (Å²) in [6.45, 7) is 1.90. The Morgan fingerprint density at radius 3 is 2.87 bits per heavy atom. The van der Waals surface area contributed by atoms with E-state index < -0.39 is 5.97 Å². The molecule has 7 nitrogen and oxygen atoms in total. The van der Waals surface area contributed by atoms with Crippen LogP contribution in [-0.2, 0) is 11.2 Å². The molecule has 1 fully saturated rings. The average Bonchev–Trinajstić information content (AvgIpc) is 3.19. The van der Waals surface area contributed by atoms with Crippen LogP contribution in [0.3, 0.4) is 0 Å². The Morgan fingerprint density at radius 1 is 1.48 bits per heavy atom. The highest BCUT2D eigenvalue weighted by molar-refractivity contribution is 5.95. The fourth-order valence-corrected chi connectivity index (χ4v) is 3.34. The maximum absolute atomic E-state index is 12.7. The molecule has 2 heterocycles. The lowest BCUT2D eigenvalue weighted by molar-refractivity contribution is 0.0528. The number of H-pyrrole nitrogens is 1. The summed E-state index contributed by atoms with van der Waals surface area (Å²) in [5.74, 6) is -0.232. The number of hydrogen-bond donors (Lipinski definition) is 2. The molecule has 0 spiro atoms. The Bertz CT molecular complexity index is 771. The number of fused-ring (bicyclic) bond motifs is 1. The van der Waals surface area contributed by atoms with Gasteiger partial charge in [0.2, 0.25) is 0 Å². The summed E-state index contributed by atoms with van der Waals surface area (Å²) in [6.07, 6.45) is 5.90. The van der Waals surface area contributed by atoms with Crippen molar-refractivity contribution in [2.24, 2.45) is 0 Å². The lowest BCUT2D eigenvalue weighted by Crippen LogP contribution is -2.25. The minimum atomic E-state index is -0.495. The molecule has 0 radical (unpaired) electrons. The van der Waals surface area contributed by atoms with Gasteiger partial charge in [0, 0.05) is 24.3 Å². The van der Waals surface area contributed by atoms with Crippen molar-refractivity contribution in [2.75, 3.05) is 13.2 Å². The fraction of sp³-hybridized carbons (Fsp3) is 0.562. The number of aromatic nitrogens is 3. The van der Waals surface area contributed by atoms with E-state index in [1.165, 1.54) is 10.7 Å². The number of nitrogens with one attached hydrogen (secondary N) is 1. The van der Waals surface area contributed by atoms with Crippen LogP contribution in [0, 0.1) is 0 Å². The van der Waals surface area contributed by atoms with Crippen molar-refractivity contribution in [3.05, 3.63) is 33.4 Å². The smallest absolute Gasteiger partial charge is 0.343 e. The summed E-state index contributed by atoms with van der Waals surface area (Å²) < 4.78 is 6.21. The summed E-state index contributed by atoms with van der Waals surface area (Å²) in [5, 5.41) is 13.3. The maximum atomic E-state index is 12.7. The van der Waals surface area contributed by atoms with Crippen molar-refractivity contribution in [3.8, 4) is 0 Å². The first-order valence-electron chi connectivity index (χ1n) is 8.08. The predicted molar refractivity (Wildman–Crippen MR) is 83.8 cm³/mol. The lowest BCUT2D eigenvalue weighted by Gasteiger charge is -2.15. The zero-order chi connectivity index (χ0) is 16.4. The Balaban J connectivity index is 2.18.